The van der Waals surface area contributed by atoms with Gasteiger partial charge in [0.1, 0.15) is 0 Å². The maximum absolute atomic E-state index is 11.5. The van der Waals surface area contributed by atoms with Gasteiger partial charge < -0.3 is 0 Å². The van der Waals surface area contributed by atoms with Crippen LogP contribution in [0.25, 0.3) is 10.9 Å². The van der Waals surface area contributed by atoms with Crippen LogP contribution >= 0.6 is 23.2 Å². The highest BCUT2D eigenvalue weighted by Gasteiger charge is 2.11. The Balaban J connectivity index is 2.95. The first-order chi connectivity index (χ1) is 7.49. The van der Waals surface area contributed by atoms with Gasteiger partial charge in [-0.2, -0.15) is 0 Å². The Labute approximate surface area is 103 Å². The van der Waals surface area contributed by atoms with E-state index in [4.69, 9.17) is 23.2 Å². The fourth-order valence-corrected chi connectivity index (χ4v) is 2.16. The molecule has 1 aromatic heterocycles. The van der Waals surface area contributed by atoms with E-state index in [1.54, 1.807) is 18.2 Å². The van der Waals surface area contributed by atoms with Gasteiger partial charge in [-0.05, 0) is 32.0 Å². The molecule has 0 bridgehead atoms. The lowest BCUT2D eigenvalue weighted by atomic mass is 10.1. The van der Waals surface area contributed by atoms with Crippen molar-refractivity contribution in [3.63, 3.8) is 0 Å². The summed E-state index contributed by atoms with van der Waals surface area (Å²) in [5.41, 5.74) is 1.90. The first-order valence-electron chi connectivity index (χ1n) is 4.76. The van der Waals surface area contributed by atoms with Crippen molar-refractivity contribution in [1.29, 1.82) is 0 Å². The minimum atomic E-state index is -0.0679. The number of hydrogen-bond acceptors (Lipinski definition) is 2. The molecule has 0 unspecified atom stereocenters. The van der Waals surface area contributed by atoms with Gasteiger partial charge in [-0.3, -0.25) is 9.78 Å². The normalized spacial score (nSPS) is 10.8. The van der Waals surface area contributed by atoms with Crippen molar-refractivity contribution in [2.75, 3.05) is 0 Å². The molecule has 4 heteroatoms. The Hall–Kier alpha value is -1.12. The lowest BCUT2D eigenvalue weighted by Gasteiger charge is -2.06. The molecule has 16 heavy (non-hydrogen) atoms. The Morgan fingerprint density at radius 2 is 1.94 bits per heavy atom. The third-order valence-electron chi connectivity index (χ3n) is 2.34. The summed E-state index contributed by atoms with van der Waals surface area (Å²) in [7, 11) is 0. The standard InChI is InChI=1S/C12H9Cl2NO/c1-6-3-11(14)10-5-8(13)4-9(7(2)16)12(10)15-6/h3-5H,1-2H3. The highest BCUT2D eigenvalue weighted by Crippen LogP contribution is 2.29. The largest absolute Gasteiger partial charge is 0.294 e. The number of carbonyl (C=O) groups is 1. The summed E-state index contributed by atoms with van der Waals surface area (Å²) in [4.78, 5) is 15.8. The molecule has 1 aromatic carbocycles. The number of benzene rings is 1. The maximum Gasteiger partial charge on any atom is 0.162 e. The summed E-state index contributed by atoms with van der Waals surface area (Å²) < 4.78 is 0. The molecule has 0 saturated heterocycles. The molecule has 2 nitrogen and oxygen atoms in total. The van der Waals surface area contributed by atoms with Gasteiger partial charge in [0, 0.05) is 21.7 Å². The lowest BCUT2D eigenvalue weighted by molar-refractivity contribution is 0.101. The van der Waals surface area contributed by atoms with Crippen molar-refractivity contribution in [2.45, 2.75) is 13.8 Å². The van der Waals surface area contributed by atoms with E-state index in [0.29, 0.717) is 26.5 Å². The summed E-state index contributed by atoms with van der Waals surface area (Å²) in [6, 6.07) is 5.09. The van der Waals surface area contributed by atoms with Crippen LogP contribution in [0, 0.1) is 6.92 Å². The van der Waals surface area contributed by atoms with E-state index in [1.807, 2.05) is 6.92 Å². The zero-order chi connectivity index (χ0) is 11.9. The minimum absolute atomic E-state index is 0.0679. The second-order valence-corrected chi connectivity index (χ2v) is 4.49. The number of halogens is 2. The molecule has 2 rings (SSSR count). The van der Waals surface area contributed by atoms with Crippen LogP contribution < -0.4 is 0 Å². The average Bonchev–Trinajstić information content (AvgIpc) is 2.18. The topological polar surface area (TPSA) is 30.0 Å². The van der Waals surface area contributed by atoms with Gasteiger partial charge >= 0.3 is 0 Å². The molecule has 0 fully saturated rings. The molecule has 0 saturated carbocycles. The van der Waals surface area contributed by atoms with Crippen molar-refractivity contribution in [3.8, 4) is 0 Å². The SMILES string of the molecule is CC(=O)c1cc(Cl)cc2c(Cl)cc(C)nc12. The maximum atomic E-state index is 11.5. The Morgan fingerprint density at radius 3 is 2.56 bits per heavy atom. The van der Waals surface area contributed by atoms with E-state index < -0.39 is 0 Å². The monoisotopic (exact) mass is 253 g/mol. The molecule has 2 aromatic rings. The third kappa shape index (κ3) is 1.91. The van der Waals surface area contributed by atoms with Gasteiger partial charge in [-0.25, -0.2) is 0 Å². The summed E-state index contributed by atoms with van der Waals surface area (Å²) in [5.74, 6) is -0.0679. The van der Waals surface area contributed by atoms with E-state index in [-0.39, 0.29) is 5.78 Å². The Kier molecular flexibility index (Phi) is 2.87. The molecule has 0 N–H and O–H groups in total. The first-order valence-corrected chi connectivity index (χ1v) is 5.52. The number of hydrogen-bond donors (Lipinski definition) is 0. The predicted molar refractivity (Wildman–Crippen MR) is 66.5 cm³/mol. The number of aryl methyl sites for hydroxylation is 1. The number of fused-ring (bicyclic) bond motifs is 1. The Morgan fingerprint density at radius 1 is 1.25 bits per heavy atom. The number of pyridine rings is 1. The van der Waals surface area contributed by atoms with E-state index >= 15 is 0 Å². The highest BCUT2D eigenvalue weighted by molar-refractivity contribution is 6.37. The van der Waals surface area contributed by atoms with Crippen LogP contribution in [0.15, 0.2) is 18.2 Å². The van der Waals surface area contributed by atoms with E-state index in [2.05, 4.69) is 4.98 Å². The molecule has 1 heterocycles. The summed E-state index contributed by atoms with van der Waals surface area (Å²) >= 11 is 12.0. The predicted octanol–water partition coefficient (Wildman–Crippen LogP) is 4.05. The fraction of sp³-hybridized carbons (Fsp3) is 0.167. The number of carbonyl (C=O) groups excluding carboxylic acids is 1. The van der Waals surface area contributed by atoms with E-state index in [0.717, 1.165) is 5.69 Å². The molecule has 0 aliphatic heterocycles. The molecular formula is C12H9Cl2NO. The van der Waals surface area contributed by atoms with Crippen LogP contribution in [-0.2, 0) is 0 Å². The molecule has 0 spiro atoms. The number of aromatic nitrogens is 1. The number of nitrogens with zero attached hydrogens (tertiary/aromatic N) is 1. The number of rotatable bonds is 1. The molecule has 0 radical (unpaired) electrons. The number of Topliss-reactive ketones (excluding diaryl/α,β-unsaturated/α-hetero) is 1. The van der Waals surface area contributed by atoms with Gasteiger partial charge in [-0.1, -0.05) is 23.2 Å². The van der Waals surface area contributed by atoms with Crippen LogP contribution in [0.2, 0.25) is 10.0 Å². The fourth-order valence-electron chi connectivity index (χ4n) is 1.64. The van der Waals surface area contributed by atoms with Gasteiger partial charge in [0.15, 0.2) is 5.78 Å². The van der Waals surface area contributed by atoms with E-state index in [9.17, 15) is 4.79 Å². The van der Waals surface area contributed by atoms with Gasteiger partial charge in [0.2, 0.25) is 0 Å². The second kappa shape index (κ2) is 4.04. The molecule has 82 valence electrons. The minimum Gasteiger partial charge on any atom is -0.294 e. The van der Waals surface area contributed by atoms with Crippen LogP contribution in [0.4, 0.5) is 0 Å². The van der Waals surface area contributed by atoms with Crippen molar-refractivity contribution in [2.24, 2.45) is 0 Å². The van der Waals surface area contributed by atoms with Crippen molar-refractivity contribution in [3.05, 3.63) is 39.5 Å². The van der Waals surface area contributed by atoms with Gasteiger partial charge in [-0.15, -0.1) is 0 Å². The summed E-state index contributed by atoms with van der Waals surface area (Å²) in [6.07, 6.45) is 0. The smallest absolute Gasteiger partial charge is 0.162 e. The van der Waals surface area contributed by atoms with Crippen LogP contribution in [0.3, 0.4) is 0 Å². The van der Waals surface area contributed by atoms with E-state index in [1.165, 1.54) is 6.92 Å². The zero-order valence-corrected chi connectivity index (χ0v) is 10.4. The molecular weight excluding hydrogens is 245 g/mol. The summed E-state index contributed by atoms with van der Waals surface area (Å²) in [5, 5.41) is 1.77. The van der Waals surface area contributed by atoms with Gasteiger partial charge in [0.05, 0.1) is 10.5 Å². The molecule has 0 aliphatic rings. The van der Waals surface area contributed by atoms with Crippen molar-refractivity contribution >= 4 is 39.9 Å². The molecule has 0 atom stereocenters. The zero-order valence-electron chi connectivity index (χ0n) is 8.84. The quantitative estimate of drug-likeness (QED) is 0.718. The van der Waals surface area contributed by atoms with Crippen LogP contribution in [-0.4, -0.2) is 10.8 Å². The number of ketones is 1. The average molecular weight is 254 g/mol. The van der Waals surface area contributed by atoms with Gasteiger partial charge in [0.25, 0.3) is 0 Å². The molecule has 0 amide bonds. The summed E-state index contributed by atoms with van der Waals surface area (Å²) in [6.45, 7) is 3.33. The van der Waals surface area contributed by atoms with Crippen molar-refractivity contribution in [1.82, 2.24) is 4.98 Å². The Bertz CT molecular complexity index is 593. The second-order valence-electron chi connectivity index (χ2n) is 3.65. The molecule has 0 aliphatic carbocycles. The third-order valence-corrected chi connectivity index (χ3v) is 2.87. The highest BCUT2D eigenvalue weighted by atomic mass is 35.5. The van der Waals surface area contributed by atoms with Crippen LogP contribution in [0.1, 0.15) is 23.0 Å². The van der Waals surface area contributed by atoms with Crippen molar-refractivity contribution < 1.29 is 4.79 Å². The lowest BCUT2D eigenvalue weighted by Crippen LogP contribution is -1.97. The first kappa shape index (κ1) is 11.4. The van der Waals surface area contributed by atoms with Crippen LogP contribution in [0.5, 0.6) is 0 Å².